The van der Waals surface area contributed by atoms with Gasteiger partial charge >= 0.3 is 12.0 Å². The van der Waals surface area contributed by atoms with Gasteiger partial charge in [-0.15, -0.1) is 0 Å². The minimum atomic E-state index is -2.24. The summed E-state index contributed by atoms with van der Waals surface area (Å²) in [7, 11) is 1.25. The van der Waals surface area contributed by atoms with Crippen LogP contribution in [0.1, 0.15) is 88.5 Å². The van der Waals surface area contributed by atoms with Crippen LogP contribution in [-0.4, -0.2) is 156 Å². The van der Waals surface area contributed by atoms with E-state index >= 15 is 0 Å². The van der Waals surface area contributed by atoms with Crippen molar-refractivity contribution in [2.45, 2.75) is 157 Å². The topological polar surface area (TPSA) is 246 Å². The molecule has 0 saturated carbocycles. The van der Waals surface area contributed by atoms with Crippen molar-refractivity contribution in [3.8, 4) is 0 Å². The minimum absolute atomic E-state index is 0.0187. The van der Waals surface area contributed by atoms with Crippen molar-refractivity contribution in [2.24, 2.45) is 11.3 Å². The van der Waals surface area contributed by atoms with E-state index in [0.717, 1.165) is 5.75 Å². The van der Waals surface area contributed by atoms with Crippen molar-refractivity contribution in [1.29, 1.82) is 0 Å². The van der Waals surface area contributed by atoms with Crippen molar-refractivity contribution < 1.29 is 64.0 Å². The van der Waals surface area contributed by atoms with Crippen LogP contribution in [0, 0.1) is 11.3 Å². The number of rotatable bonds is 13. The van der Waals surface area contributed by atoms with Gasteiger partial charge in [-0.05, 0) is 68.2 Å². The fourth-order valence-corrected chi connectivity index (χ4v) is 11.0. The summed E-state index contributed by atoms with van der Waals surface area (Å²) in [6, 6.07) is -0.239. The summed E-state index contributed by atoms with van der Waals surface area (Å²) in [4.78, 5) is 38.9. The van der Waals surface area contributed by atoms with Crippen molar-refractivity contribution in [3.63, 3.8) is 0 Å². The molecule has 14 atom stereocenters. The van der Waals surface area contributed by atoms with Gasteiger partial charge in [0.15, 0.2) is 0 Å². The van der Waals surface area contributed by atoms with Crippen molar-refractivity contribution >= 4 is 29.7 Å². The molecule has 4 saturated heterocycles. The highest BCUT2D eigenvalue weighted by Gasteiger charge is 2.75. The lowest BCUT2D eigenvalue weighted by Crippen LogP contribution is -2.85. The summed E-state index contributed by atoms with van der Waals surface area (Å²) in [5.41, 5.74) is -16.6. The van der Waals surface area contributed by atoms with E-state index in [1.54, 1.807) is 32.5 Å². The largest absolute Gasteiger partial charge is 0.469 e. The Labute approximate surface area is 316 Å². The van der Waals surface area contributed by atoms with Crippen LogP contribution in [0.4, 0.5) is 4.79 Å². The lowest BCUT2D eigenvalue weighted by molar-refractivity contribution is -0.408. The molecule has 0 aliphatic carbocycles. The van der Waals surface area contributed by atoms with Crippen LogP contribution in [0.2, 0.25) is 0 Å². The molecule has 4 aliphatic heterocycles. The maximum Gasteiger partial charge on any atom is 0.315 e. The number of nitrogens with one attached hydrogen (secondary N) is 3. The summed E-state index contributed by atoms with van der Waals surface area (Å²) in [5, 5.41) is 77.0. The SMILES string of the molecule is COC(=O)C(CCCC1SC[C@@H]2NC(=O)N[C@H]12)[C@@]1(C)OC(C)(CO)[C@@H](O)C(C)(COC[C@]2(C)OC(C)(CO)[C@](C)(O)C(C)(O)C2(C)O)C1(C)NC(C)=O. The summed E-state index contributed by atoms with van der Waals surface area (Å²) < 4.78 is 24.6. The van der Waals surface area contributed by atoms with Gasteiger partial charge in [0.05, 0.1) is 63.2 Å². The molecule has 0 aromatic carbocycles. The maximum absolute atomic E-state index is 13.8. The van der Waals surface area contributed by atoms with Crippen LogP contribution < -0.4 is 16.0 Å². The highest BCUT2D eigenvalue weighted by Crippen LogP contribution is 2.58. The zero-order valence-electron chi connectivity index (χ0n) is 33.0. The lowest BCUT2D eigenvalue weighted by atomic mass is 9.52. The van der Waals surface area contributed by atoms with Gasteiger partial charge in [0.2, 0.25) is 5.91 Å². The fraction of sp³-hybridized carbons (Fsp3) is 0.917. The molecule has 0 radical (unpaired) electrons. The number of ether oxygens (including phenoxy) is 4. The number of thioether (sulfide) groups is 1. The van der Waals surface area contributed by atoms with E-state index in [9.17, 15) is 45.0 Å². The van der Waals surface area contributed by atoms with E-state index < -0.39 is 93.9 Å². The van der Waals surface area contributed by atoms with Crippen LogP contribution in [0.5, 0.6) is 0 Å². The summed E-state index contributed by atoms with van der Waals surface area (Å²) in [6.45, 7) is 12.2. The fourth-order valence-electron chi connectivity index (χ4n) is 9.48. The Morgan fingerprint density at radius 3 is 2.08 bits per heavy atom. The van der Waals surface area contributed by atoms with E-state index in [1.807, 2.05) is 0 Å². The van der Waals surface area contributed by atoms with E-state index in [4.69, 9.17) is 18.9 Å². The number of hydrogen-bond acceptors (Lipinski definition) is 14. The second-order valence-corrected chi connectivity index (χ2v) is 18.6. The molecule has 17 heteroatoms. The average molecular weight is 778 g/mol. The first-order valence-corrected chi connectivity index (χ1v) is 19.3. The number of fused-ring (bicyclic) bond motifs is 1. The Hall–Kier alpha value is -1.80. The van der Waals surface area contributed by atoms with Crippen LogP contribution in [0.3, 0.4) is 0 Å². The minimum Gasteiger partial charge on any atom is -0.469 e. The predicted molar refractivity (Wildman–Crippen MR) is 194 cm³/mol. The summed E-state index contributed by atoms with van der Waals surface area (Å²) in [5.74, 6) is -1.41. The van der Waals surface area contributed by atoms with Gasteiger partial charge in [-0.1, -0.05) is 13.3 Å². The third-order valence-corrected chi connectivity index (χ3v) is 15.6. The summed E-state index contributed by atoms with van der Waals surface area (Å²) in [6.07, 6.45) is -0.140. The van der Waals surface area contributed by atoms with E-state index in [2.05, 4.69) is 16.0 Å². The normalized spacial score (nSPS) is 48.7. The van der Waals surface area contributed by atoms with Crippen LogP contribution >= 0.6 is 11.8 Å². The molecule has 0 aromatic heterocycles. The van der Waals surface area contributed by atoms with Gasteiger partial charge in [-0.3, -0.25) is 9.59 Å². The molecule has 3 amide bonds. The smallest absolute Gasteiger partial charge is 0.315 e. The Balaban J connectivity index is 1.72. The second kappa shape index (κ2) is 14.3. The molecule has 53 heavy (non-hydrogen) atoms. The molecule has 4 rings (SSSR count). The van der Waals surface area contributed by atoms with E-state index in [1.165, 1.54) is 55.6 Å². The monoisotopic (exact) mass is 777 g/mol. The Kier molecular flexibility index (Phi) is 11.8. The molecule has 0 aromatic rings. The van der Waals surface area contributed by atoms with Crippen molar-refractivity contribution in [3.05, 3.63) is 0 Å². The van der Waals surface area contributed by atoms with Crippen LogP contribution in [0.25, 0.3) is 0 Å². The first kappa shape index (κ1) is 43.9. The highest BCUT2D eigenvalue weighted by molar-refractivity contribution is 8.00. The molecule has 4 aliphatic rings. The number of amides is 3. The van der Waals surface area contributed by atoms with Crippen molar-refractivity contribution in [2.75, 3.05) is 39.3 Å². The maximum atomic E-state index is 13.8. The predicted octanol–water partition coefficient (Wildman–Crippen LogP) is -0.277. The molecular formula is C36H63N3O13S. The van der Waals surface area contributed by atoms with E-state index in [0.29, 0.717) is 12.8 Å². The quantitative estimate of drug-likeness (QED) is 0.0864. The molecule has 4 fully saturated rings. The highest BCUT2D eigenvalue weighted by atomic mass is 32.2. The molecule has 4 heterocycles. The van der Waals surface area contributed by atoms with E-state index in [-0.39, 0.29) is 36.4 Å². The number of aliphatic hydroxyl groups is 6. The molecule has 306 valence electrons. The average Bonchev–Trinajstić information content (AvgIpc) is 3.62. The summed E-state index contributed by atoms with van der Waals surface area (Å²) >= 11 is 1.73. The standard InChI is InChI=1S/C36H63N3O13S/c1-20(42)39-33(7)28(2,18-50-19-31(5)35(9,47)36(10,48)34(8,46)30(4,17-41)52-31)26(44)29(3,16-40)51-32(33,6)21(25(43)49-11)13-12-14-23-24-22(15-53-23)37-27(45)38-24/h21-24,26,40-41,44,46-48H,12-19H2,1-11H3,(H,39,42)(H2,37,38,45)/t21?,22-,23?,24-,26-,28?,29?,30?,31-,32+,33?,34-,35?,36?/m0/s1. The number of aliphatic hydroxyl groups excluding tert-OH is 3. The lowest BCUT2D eigenvalue weighted by Gasteiger charge is -2.67. The number of carbonyl (C=O) groups is 3. The number of hydrogen-bond donors (Lipinski definition) is 9. The third-order valence-electron chi connectivity index (χ3n) is 14.1. The van der Waals surface area contributed by atoms with Crippen molar-refractivity contribution in [1.82, 2.24) is 16.0 Å². The van der Waals surface area contributed by atoms with Crippen LogP contribution in [-0.2, 0) is 28.5 Å². The zero-order valence-corrected chi connectivity index (χ0v) is 33.8. The number of carbonyl (C=O) groups excluding carboxylic acids is 3. The molecule has 8 unspecified atom stereocenters. The number of urea groups is 1. The zero-order chi connectivity index (χ0) is 40.4. The van der Waals surface area contributed by atoms with Gasteiger partial charge in [-0.2, -0.15) is 11.8 Å². The Morgan fingerprint density at radius 1 is 0.925 bits per heavy atom. The molecule has 9 N–H and O–H groups in total. The van der Waals surface area contributed by atoms with Gasteiger partial charge in [-0.25, -0.2) is 4.79 Å². The number of methoxy groups -OCH3 is 1. The first-order chi connectivity index (χ1) is 24.1. The van der Waals surface area contributed by atoms with Crippen LogP contribution in [0.15, 0.2) is 0 Å². The Bertz CT molecular complexity index is 1420. The first-order valence-electron chi connectivity index (χ1n) is 18.2. The molecule has 0 spiro atoms. The molecule has 0 bridgehead atoms. The second-order valence-electron chi connectivity index (χ2n) is 17.4. The number of esters is 1. The van der Waals surface area contributed by atoms with Gasteiger partial charge in [0, 0.05) is 23.3 Å². The molecule has 16 nitrogen and oxygen atoms in total. The van der Waals surface area contributed by atoms with Gasteiger partial charge in [0.25, 0.3) is 0 Å². The van der Waals surface area contributed by atoms with Gasteiger partial charge < -0.3 is 65.5 Å². The van der Waals surface area contributed by atoms with Gasteiger partial charge in [0.1, 0.15) is 39.2 Å². The Morgan fingerprint density at radius 2 is 1.53 bits per heavy atom. The molecular weight excluding hydrogens is 714 g/mol. The third kappa shape index (κ3) is 6.48.